The lowest BCUT2D eigenvalue weighted by molar-refractivity contribution is -0.139. The van der Waals surface area contributed by atoms with Crippen molar-refractivity contribution in [1.82, 2.24) is 10.2 Å². The molecule has 0 aromatic carbocycles. The second-order valence-corrected chi connectivity index (χ2v) is 7.23. The number of hydrogen-bond acceptors (Lipinski definition) is 4. The van der Waals surface area contributed by atoms with Crippen LogP contribution in [0.5, 0.6) is 0 Å². The Morgan fingerprint density at radius 3 is 2.90 bits per heavy atom. The van der Waals surface area contributed by atoms with Crippen LogP contribution < -0.4 is 5.32 Å². The molecule has 1 saturated heterocycles. The molecule has 1 aliphatic rings. The minimum Gasteiger partial charge on any atom is -0.375 e. The first kappa shape index (κ1) is 15.5. The topological polar surface area (TPSA) is 58.6 Å². The molecular weight excluding hydrogens is 344 g/mol. The smallest absolute Gasteiger partial charge is 0.262 e. The molecule has 20 heavy (non-hydrogen) atoms. The minimum absolute atomic E-state index is 0.0452. The highest BCUT2D eigenvalue weighted by molar-refractivity contribution is 9.11. The molecule has 1 aromatic heterocycles. The van der Waals surface area contributed by atoms with Gasteiger partial charge in [0.25, 0.3) is 5.91 Å². The normalized spacial score (nSPS) is 20.6. The van der Waals surface area contributed by atoms with E-state index in [1.54, 1.807) is 17.9 Å². The molecule has 1 aromatic rings. The van der Waals surface area contributed by atoms with Gasteiger partial charge in [0.2, 0.25) is 5.91 Å². The number of ether oxygens (including phenoxy) is 1. The first-order valence-electron chi connectivity index (χ1n) is 6.44. The third kappa shape index (κ3) is 3.80. The van der Waals surface area contributed by atoms with Gasteiger partial charge in [-0.2, -0.15) is 0 Å². The average molecular weight is 361 g/mol. The van der Waals surface area contributed by atoms with Crippen LogP contribution in [-0.2, 0) is 9.53 Å². The number of morpholine rings is 1. The van der Waals surface area contributed by atoms with Crippen LogP contribution in [-0.4, -0.2) is 48.6 Å². The molecule has 0 spiro atoms. The summed E-state index contributed by atoms with van der Waals surface area (Å²) in [6.07, 6.45) is 0.0452. The fourth-order valence-electron chi connectivity index (χ4n) is 2.06. The molecule has 2 rings (SSSR count). The summed E-state index contributed by atoms with van der Waals surface area (Å²) in [7, 11) is 0. The van der Waals surface area contributed by atoms with Gasteiger partial charge in [0.05, 0.1) is 21.4 Å². The van der Waals surface area contributed by atoms with Gasteiger partial charge in [0, 0.05) is 13.1 Å². The fourth-order valence-corrected chi connectivity index (χ4v) is 3.35. The third-order valence-corrected chi connectivity index (χ3v) is 4.69. The van der Waals surface area contributed by atoms with Crippen LogP contribution in [0.1, 0.15) is 23.5 Å². The van der Waals surface area contributed by atoms with Crippen molar-refractivity contribution in [2.75, 3.05) is 19.7 Å². The average Bonchev–Trinajstić information content (AvgIpc) is 2.84. The number of nitrogens with one attached hydrogen (secondary N) is 1. The maximum atomic E-state index is 12.3. The SMILES string of the molecule is C[C@H]1CN(C(=O)[C@@H](C)NC(=O)c2ccc(Br)s2)CCO1. The van der Waals surface area contributed by atoms with E-state index < -0.39 is 6.04 Å². The van der Waals surface area contributed by atoms with Gasteiger partial charge < -0.3 is 15.0 Å². The Hall–Kier alpha value is -0.920. The van der Waals surface area contributed by atoms with E-state index in [0.717, 1.165) is 3.79 Å². The summed E-state index contributed by atoms with van der Waals surface area (Å²) in [5.74, 6) is -0.285. The van der Waals surface area contributed by atoms with Crippen LogP contribution in [0.2, 0.25) is 0 Å². The van der Waals surface area contributed by atoms with E-state index in [-0.39, 0.29) is 17.9 Å². The first-order valence-corrected chi connectivity index (χ1v) is 8.05. The van der Waals surface area contributed by atoms with Crippen LogP contribution in [0.3, 0.4) is 0 Å². The van der Waals surface area contributed by atoms with E-state index in [9.17, 15) is 9.59 Å². The third-order valence-electron chi connectivity index (χ3n) is 3.07. The number of carbonyl (C=O) groups is 2. The number of hydrogen-bond donors (Lipinski definition) is 1. The van der Waals surface area contributed by atoms with E-state index in [1.807, 2.05) is 13.0 Å². The van der Waals surface area contributed by atoms with Crippen molar-refractivity contribution in [3.8, 4) is 0 Å². The van der Waals surface area contributed by atoms with Gasteiger partial charge in [-0.1, -0.05) is 0 Å². The van der Waals surface area contributed by atoms with Gasteiger partial charge in [-0.25, -0.2) is 0 Å². The number of carbonyl (C=O) groups excluding carboxylic acids is 2. The van der Waals surface area contributed by atoms with Gasteiger partial charge in [0.15, 0.2) is 0 Å². The monoisotopic (exact) mass is 360 g/mol. The summed E-state index contributed by atoms with van der Waals surface area (Å²) in [4.78, 5) is 26.6. The molecule has 0 aliphatic carbocycles. The Morgan fingerprint density at radius 2 is 2.30 bits per heavy atom. The van der Waals surface area contributed by atoms with Crippen LogP contribution in [0.15, 0.2) is 15.9 Å². The van der Waals surface area contributed by atoms with Crippen molar-refractivity contribution in [2.24, 2.45) is 0 Å². The molecular formula is C13H17BrN2O3S. The highest BCUT2D eigenvalue weighted by Gasteiger charge is 2.26. The quantitative estimate of drug-likeness (QED) is 0.894. The molecule has 5 nitrogen and oxygen atoms in total. The van der Waals surface area contributed by atoms with Crippen molar-refractivity contribution in [2.45, 2.75) is 26.0 Å². The molecule has 0 bridgehead atoms. The number of amides is 2. The van der Waals surface area contributed by atoms with Crippen LogP contribution in [0.4, 0.5) is 0 Å². The second-order valence-electron chi connectivity index (χ2n) is 4.76. The van der Waals surface area contributed by atoms with E-state index >= 15 is 0 Å². The predicted molar refractivity (Wildman–Crippen MR) is 80.9 cm³/mol. The Morgan fingerprint density at radius 1 is 1.55 bits per heavy atom. The molecule has 0 saturated carbocycles. The lowest BCUT2D eigenvalue weighted by atomic mass is 10.2. The Balaban J connectivity index is 1.92. The molecule has 0 radical (unpaired) electrons. The number of rotatable bonds is 3. The fraction of sp³-hybridized carbons (Fsp3) is 0.538. The van der Waals surface area contributed by atoms with Gasteiger partial charge in [-0.05, 0) is 41.9 Å². The highest BCUT2D eigenvalue weighted by atomic mass is 79.9. The molecule has 1 N–H and O–H groups in total. The molecule has 7 heteroatoms. The van der Waals surface area contributed by atoms with Gasteiger partial charge in [0.1, 0.15) is 6.04 Å². The van der Waals surface area contributed by atoms with Crippen molar-refractivity contribution >= 4 is 39.1 Å². The van der Waals surface area contributed by atoms with Crippen LogP contribution in [0, 0.1) is 0 Å². The van der Waals surface area contributed by atoms with Crippen molar-refractivity contribution < 1.29 is 14.3 Å². The minimum atomic E-state index is -0.534. The Bertz CT molecular complexity index is 506. The summed E-state index contributed by atoms with van der Waals surface area (Å²) in [6, 6.07) is 3.02. The number of halogens is 1. The second kappa shape index (κ2) is 6.69. The van der Waals surface area contributed by atoms with E-state index in [2.05, 4.69) is 21.2 Å². The summed E-state index contributed by atoms with van der Waals surface area (Å²) in [5, 5.41) is 2.74. The van der Waals surface area contributed by atoms with Gasteiger partial charge >= 0.3 is 0 Å². The van der Waals surface area contributed by atoms with Crippen molar-refractivity contribution in [3.63, 3.8) is 0 Å². The van der Waals surface area contributed by atoms with Gasteiger partial charge in [-0.15, -0.1) is 11.3 Å². The molecule has 110 valence electrons. The largest absolute Gasteiger partial charge is 0.375 e. The molecule has 2 heterocycles. The maximum Gasteiger partial charge on any atom is 0.262 e. The zero-order valence-corrected chi connectivity index (χ0v) is 13.8. The van der Waals surface area contributed by atoms with E-state index in [4.69, 9.17) is 4.74 Å². The first-order chi connectivity index (χ1) is 9.47. The van der Waals surface area contributed by atoms with E-state index in [1.165, 1.54) is 11.3 Å². The highest BCUT2D eigenvalue weighted by Crippen LogP contribution is 2.22. The lowest BCUT2D eigenvalue weighted by Gasteiger charge is -2.33. The molecule has 1 fully saturated rings. The maximum absolute atomic E-state index is 12.3. The van der Waals surface area contributed by atoms with Crippen LogP contribution >= 0.6 is 27.3 Å². The van der Waals surface area contributed by atoms with Crippen LogP contribution in [0.25, 0.3) is 0 Å². The summed E-state index contributed by atoms with van der Waals surface area (Å²) in [6.45, 7) is 5.35. The molecule has 1 aliphatic heterocycles. The van der Waals surface area contributed by atoms with Gasteiger partial charge in [-0.3, -0.25) is 9.59 Å². The standard InChI is InChI=1S/C13H17BrN2O3S/c1-8-7-16(5-6-19-8)13(18)9(2)15-12(17)10-3-4-11(14)20-10/h3-4,8-9H,5-7H2,1-2H3,(H,15,17)/t8-,9+/m0/s1. The zero-order chi connectivity index (χ0) is 14.7. The number of nitrogens with zero attached hydrogens (tertiary/aromatic N) is 1. The molecule has 2 atom stereocenters. The molecule has 0 unspecified atom stereocenters. The summed E-state index contributed by atoms with van der Waals surface area (Å²) in [5.41, 5.74) is 0. The Kier molecular flexibility index (Phi) is 5.17. The summed E-state index contributed by atoms with van der Waals surface area (Å²) < 4.78 is 6.30. The zero-order valence-electron chi connectivity index (χ0n) is 11.4. The Labute approximate surface area is 130 Å². The lowest BCUT2D eigenvalue weighted by Crippen LogP contribution is -2.52. The predicted octanol–water partition coefficient (Wildman–Crippen LogP) is 1.88. The molecule has 2 amide bonds. The summed E-state index contributed by atoms with van der Waals surface area (Å²) >= 11 is 4.66. The van der Waals surface area contributed by atoms with Crippen molar-refractivity contribution in [1.29, 1.82) is 0 Å². The number of thiophene rings is 1. The van der Waals surface area contributed by atoms with E-state index in [0.29, 0.717) is 24.6 Å². The van der Waals surface area contributed by atoms with Crippen molar-refractivity contribution in [3.05, 3.63) is 20.8 Å².